The number of imidazole rings is 1. The van der Waals surface area contributed by atoms with Crippen LogP contribution in [0.3, 0.4) is 0 Å². The van der Waals surface area contributed by atoms with E-state index in [1.807, 2.05) is 54.0 Å². The molecule has 1 saturated heterocycles. The maximum Gasteiger partial charge on any atom is 0.224 e. The molecule has 0 unspecified atom stereocenters. The van der Waals surface area contributed by atoms with E-state index in [2.05, 4.69) is 19.9 Å². The molecule has 7 nitrogen and oxygen atoms in total. The van der Waals surface area contributed by atoms with E-state index in [1.54, 1.807) is 0 Å². The number of fused-ring (bicyclic) bond motifs is 1. The number of hydrogen-bond acceptors (Lipinski definition) is 4. The van der Waals surface area contributed by atoms with Crippen LogP contribution in [0.2, 0.25) is 0 Å². The zero-order chi connectivity index (χ0) is 18.1. The Kier molecular flexibility index (Phi) is 4.44. The summed E-state index contributed by atoms with van der Waals surface area (Å²) in [5.74, 6) is 1.58. The van der Waals surface area contributed by atoms with Gasteiger partial charge in [0, 0.05) is 38.7 Å². The minimum absolute atomic E-state index is 0.181. The molecule has 4 rings (SSSR count). The Balaban J connectivity index is 1.40. The first-order chi connectivity index (χ1) is 12.6. The van der Waals surface area contributed by atoms with Gasteiger partial charge in [0.25, 0.3) is 0 Å². The molecule has 3 heterocycles. The topological polar surface area (TPSA) is 68.8 Å². The molecule has 1 atom stereocenters. The zero-order valence-corrected chi connectivity index (χ0v) is 15.3. The average molecular weight is 352 g/mol. The van der Waals surface area contributed by atoms with Gasteiger partial charge in [0.2, 0.25) is 5.91 Å². The first-order valence-corrected chi connectivity index (χ1v) is 9.17. The van der Waals surface area contributed by atoms with Crippen molar-refractivity contribution in [2.24, 2.45) is 7.05 Å². The Hall–Kier alpha value is -2.70. The van der Waals surface area contributed by atoms with Gasteiger partial charge < -0.3 is 9.47 Å². The van der Waals surface area contributed by atoms with Gasteiger partial charge in [0.15, 0.2) is 0 Å². The first kappa shape index (κ1) is 16.8. The second kappa shape index (κ2) is 6.90. The lowest BCUT2D eigenvalue weighted by Crippen LogP contribution is -2.40. The third-order valence-electron chi connectivity index (χ3n) is 5.13. The van der Waals surface area contributed by atoms with Crippen LogP contribution in [0.25, 0.3) is 11.0 Å². The van der Waals surface area contributed by atoms with E-state index in [9.17, 15) is 4.79 Å². The molecule has 0 N–H and O–H groups in total. The van der Waals surface area contributed by atoms with Crippen molar-refractivity contribution in [2.75, 3.05) is 13.1 Å². The Morgan fingerprint density at radius 3 is 2.96 bits per heavy atom. The molecule has 0 spiro atoms. The number of nitrogens with zero attached hydrogens (tertiary/aromatic N) is 6. The minimum Gasteiger partial charge on any atom is -0.342 e. The molecule has 0 saturated carbocycles. The highest BCUT2D eigenvalue weighted by molar-refractivity contribution is 5.77. The maximum absolute atomic E-state index is 12.7. The molecule has 26 heavy (non-hydrogen) atoms. The summed E-state index contributed by atoms with van der Waals surface area (Å²) in [6.07, 6.45) is 4.60. The van der Waals surface area contributed by atoms with E-state index in [1.165, 1.54) is 0 Å². The average Bonchev–Trinajstić information content (AvgIpc) is 3.22. The van der Waals surface area contributed by atoms with Crippen molar-refractivity contribution in [1.82, 2.24) is 29.4 Å². The normalized spacial score (nSPS) is 17.8. The van der Waals surface area contributed by atoms with Crippen molar-refractivity contribution in [3.05, 3.63) is 42.0 Å². The number of piperidine rings is 1. The van der Waals surface area contributed by atoms with E-state index in [4.69, 9.17) is 0 Å². The molecule has 2 aromatic heterocycles. The van der Waals surface area contributed by atoms with Gasteiger partial charge in [-0.25, -0.2) is 9.67 Å². The number of hydrogen-bond donors (Lipinski definition) is 0. The first-order valence-electron chi connectivity index (χ1n) is 9.17. The van der Waals surface area contributed by atoms with Crippen molar-refractivity contribution in [2.45, 2.75) is 38.6 Å². The SMILES string of the molecule is Cc1cn(C)c([C@@H]2CCCN(C(=O)CCn3nnc4ccccc43)C2)n1. The highest BCUT2D eigenvalue weighted by Gasteiger charge is 2.27. The lowest BCUT2D eigenvalue weighted by Gasteiger charge is -2.32. The van der Waals surface area contributed by atoms with Gasteiger partial charge in [-0.15, -0.1) is 5.10 Å². The van der Waals surface area contributed by atoms with Crippen molar-refractivity contribution in [3.8, 4) is 0 Å². The summed E-state index contributed by atoms with van der Waals surface area (Å²) >= 11 is 0. The number of rotatable bonds is 4. The van der Waals surface area contributed by atoms with E-state index < -0.39 is 0 Å². The van der Waals surface area contributed by atoms with E-state index in [-0.39, 0.29) is 5.91 Å². The molecule has 1 aliphatic rings. The number of carbonyl (C=O) groups excluding carboxylic acids is 1. The molecule has 0 bridgehead atoms. The van der Waals surface area contributed by atoms with Gasteiger partial charge in [-0.05, 0) is 31.9 Å². The van der Waals surface area contributed by atoms with E-state index in [0.29, 0.717) is 18.9 Å². The molecular weight excluding hydrogens is 328 g/mol. The number of benzene rings is 1. The number of carbonyl (C=O) groups is 1. The summed E-state index contributed by atoms with van der Waals surface area (Å²) in [5.41, 5.74) is 2.87. The fraction of sp³-hybridized carbons (Fsp3) is 0.474. The highest BCUT2D eigenvalue weighted by atomic mass is 16.2. The van der Waals surface area contributed by atoms with Gasteiger partial charge in [-0.3, -0.25) is 4.79 Å². The second-order valence-corrected chi connectivity index (χ2v) is 7.08. The summed E-state index contributed by atoms with van der Waals surface area (Å²) in [6.45, 7) is 4.15. The predicted octanol–water partition coefficient (Wildman–Crippen LogP) is 2.27. The van der Waals surface area contributed by atoms with Crippen LogP contribution >= 0.6 is 0 Å². The van der Waals surface area contributed by atoms with Crippen LogP contribution in [0.15, 0.2) is 30.5 Å². The van der Waals surface area contributed by atoms with Gasteiger partial charge >= 0.3 is 0 Å². The van der Waals surface area contributed by atoms with E-state index >= 15 is 0 Å². The summed E-state index contributed by atoms with van der Waals surface area (Å²) in [4.78, 5) is 19.4. The smallest absolute Gasteiger partial charge is 0.224 e. The van der Waals surface area contributed by atoms with Crippen LogP contribution in [0.4, 0.5) is 0 Å². The minimum atomic E-state index is 0.181. The van der Waals surface area contributed by atoms with Crippen molar-refractivity contribution < 1.29 is 4.79 Å². The number of aromatic nitrogens is 5. The van der Waals surface area contributed by atoms with Crippen LogP contribution in [0.1, 0.15) is 36.7 Å². The fourth-order valence-electron chi connectivity index (χ4n) is 3.87. The second-order valence-electron chi connectivity index (χ2n) is 7.08. The third-order valence-corrected chi connectivity index (χ3v) is 5.13. The lowest BCUT2D eigenvalue weighted by molar-refractivity contribution is -0.132. The summed E-state index contributed by atoms with van der Waals surface area (Å²) < 4.78 is 3.91. The Morgan fingerprint density at radius 2 is 2.15 bits per heavy atom. The number of para-hydroxylation sites is 1. The lowest BCUT2D eigenvalue weighted by atomic mass is 9.97. The number of aryl methyl sites for hydroxylation is 3. The summed E-state index contributed by atoms with van der Waals surface area (Å²) in [7, 11) is 2.03. The molecule has 0 aliphatic carbocycles. The van der Waals surface area contributed by atoms with Gasteiger partial charge in [-0.2, -0.15) is 0 Å². The largest absolute Gasteiger partial charge is 0.342 e. The molecule has 7 heteroatoms. The molecular formula is C19H24N6O. The van der Waals surface area contributed by atoms with Crippen molar-refractivity contribution in [3.63, 3.8) is 0 Å². The third kappa shape index (κ3) is 3.21. The Bertz CT molecular complexity index is 927. The van der Waals surface area contributed by atoms with Crippen LogP contribution in [-0.4, -0.2) is 48.4 Å². The summed E-state index contributed by atoms with van der Waals surface area (Å²) in [5, 5.41) is 8.32. The van der Waals surface area contributed by atoms with E-state index in [0.717, 1.165) is 48.5 Å². The van der Waals surface area contributed by atoms with Gasteiger partial charge in [0.1, 0.15) is 11.3 Å². The van der Waals surface area contributed by atoms with Crippen LogP contribution in [0.5, 0.6) is 0 Å². The molecule has 3 aromatic rings. The van der Waals surface area contributed by atoms with Gasteiger partial charge in [-0.1, -0.05) is 17.3 Å². The fourth-order valence-corrected chi connectivity index (χ4v) is 3.87. The summed E-state index contributed by atoms with van der Waals surface area (Å²) in [6, 6.07) is 7.83. The van der Waals surface area contributed by atoms with Gasteiger partial charge in [0.05, 0.1) is 17.8 Å². The van der Waals surface area contributed by atoms with Crippen LogP contribution in [0, 0.1) is 6.92 Å². The zero-order valence-electron chi connectivity index (χ0n) is 15.3. The molecule has 1 aliphatic heterocycles. The standard InChI is InChI=1S/C19H24N6O/c1-14-12-23(2)19(20-14)15-6-5-10-24(13-15)18(26)9-11-25-17-8-4-3-7-16(17)21-22-25/h3-4,7-8,12,15H,5-6,9-11,13H2,1-2H3/t15-/m1/s1. The number of amides is 1. The Labute approximate surface area is 152 Å². The molecule has 1 amide bonds. The Morgan fingerprint density at radius 1 is 1.31 bits per heavy atom. The van der Waals surface area contributed by atoms with Crippen molar-refractivity contribution in [1.29, 1.82) is 0 Å². The highest BCUT2D eigenvalue weighted by Crippen LogP contribution is 2.26. The predicted molar refractivity (Wildman–Crippen MR) is 98.6 cm³/mol. The number of likely N-dealkylation sites (tertiary alicyclic amines) is 1. The monoisotopic (exact) mass is 352 g/mol. The molecule has 136 valence electrons. The quantitative estimate of drug-likeness (QED) is 0.722. The molecule has 1 aromatic carbocycles. The molecule has 1 fully saturated rings. The van der Waals surface area contributed by atoms with Crippen molar-refractivity contribution >= 4 is 16.9 Å². The van der Waals surface area contributed by atoms with Crippen LogP contribution < -0.4 is 0 Å². The van der Waals surface area contributed by atoms with Crippen LogP contribution in [-0.2, 0) is 18.4 Å². The molecule has 0 radical (unpaired) electrons. The maximum atomic E-state index is 12.7.